The molecule has 1 aromatic heterocycles. The van der Waals surface area contributed by atoms with Crippen LogP contribution in [0, 0.1) is 13.8 Å². The van der Waals surface area contributed by atoms with E-state index >= 15 is 0 Å². The highest BCUT2D eigenvalue weighted by atomic mass is 16.5. The van der Waals surface area contributed by atoms with Gasteiger partial charge in [-0.05, 0) is 41.0 Å². The van der Waals surface area contributed by atoms with Gasteiger partial charge in [-0.1, -0.05) is 0 Å². The molecule has 4 nitrogen and oxygen atoms in total. The Bertz CT molecular complexity index is 413. The molecule has 1 aliphatic rings. The fraction of sp³-hybridized carbons (Fsp3) is 0.786. The first kappa shape index (κ1) is 13.6. The molecule has 0 amide bonds. The number of ether oxygens (including phenoxy) is 1. The smallest absolute Gasteiger partial charge is 0.0700 e. The van der Waals surface area contributed by atoms with Crippen LogP contribution in [0.3, 0.4) is 0 Å². The second-order valence-corrected chi connectivity index (χ2v) is 5.26. The standard InChI is InChI=1S/C14H25N3O/c1-6-17-11(4)14(10(3)16-17)9(2)15-13-7-8-18-12(13)5/h9,12-13,15H,6-8H2,1-5H3. The van der Waals surface area contributed by atoms with Crippen molar-refractivity contribution in [1.82, 2.24) is 15.1 Å². The number of aromatic nitrogens is 2. The third-order valence-corrected chi connectivity index (χ3v) is 4.01. The van der Waals surface area contributed by atoms with E-state index in [2.05, 4.69) is 49.7 Å². The van der Waals surface area contributed by atoms with Crippen LogP contribution in [0.1, 0.15) is 50.2 Å². The number of rotatable bonds is 4. The Labute approximate surface area is 110 Å². The van der Waals surface area contributed by atoms with Crippen molar-refractivity contribution in [3.05, 3.63) is 17.0 Å². The van der Waals surface area contributed by atoms with Crippen LogP contribution >= 0.6 is 0 Å². The van der Waals surface area contributed by atoms with E-state index in [9.17, 15) is 0 Å². The average molecular weight is 251 g/mol. The maximum absolute atomic E-state index is 5.61. The van der Waals surface area contributed by atoms with Crippen molar-refractivity contribution < 1.29 is 4.74 Å². The third-order valence-electron chi connectivity index (χ3n) is 4.01. The molecule has 18 heavy (non-hydrogen) atoms. The van der Waals surface area contributed by atoms with Gasteiger partial charge in [-0.3, -0.25) is 4.68 Å². The second kappa shape index (κ2) is 5.41. The minimum absolute atomic E-state index is 0.314. The van der Waals surface area contributed by atoms with Crippen LogP contribution in [-0.4, -0.2) is 28.5 Å². The quantitative estimate of drug-likeness (QED) is 0.893. The lowest BCUT2D eigenvalue weighted by Gasteiger charge is -2.22. The highest BCUT2D eigenvalue weighted by molar-refractivity contribution is 5.28. The first-order valence-electron chi connectivity index (χ1n) is 6.96. The first-order valence-corrected chi connectivity index (χ1v) is 6.96. The molecule has 0 bridgehead atoms. The minimum Gasteiger partial charge on any atom is -0.377 e. The normalized spacial score (nSPS) is 25.6. The molecule has 3 unspecified atom stereocenters. The lowest BCUT2D eigenvalue weighted by molar-refractivity contribution is 0.111. The summed E-state index contributed by atoms with van der Waals surface area (Å²) in [4.78, 5) is 0. The zero-order valence-electron chi connectivity index (χ0n) is 12.2. The third kappa shape index (κ3) is 2.45. The van der Waals surface area contributed by atoms with E-state index in [1.54, 1.807) is 0 Å². The molecule has 4 heteroatoms. The van der Waals surface area contributed by atoms with Crippen LogP contribution in [0.15, 0.2) is 0 Å². The van der Waals surface area contributed by atoms with Crippen LogP contribution in [0.25, 0.3) is 0 Å². The van der Waals surface area contributed by atoms with Gasteiger partial charge >= 0.3 is 0 Å². The van der Waals surface area contributed by atoms with Gasteiger partial charge in [-0.25, -0.2) is 0 Å². The van der Waals surface area contributed by atoms with Gasteiger partial charge in [0.1, 0.15) is 0 Å². The van der Waals surface area contributed by atoms with Gasteiger partial charge in [0.15, 0.2) is 0 Å². The fourth-order valence-corrected chi connectivity index (χ4v) is 3.00. The van der Waals surface area contributed by atoms with Gasteiger partial charge in [0, 0.05) is 36.5 Å². The number of hydrogen-bond acceptors (Lipinski definition) is 3. The molecule has 0 radical (unpaired) electrons. The summed E-state index contributed by atoms with van der Waals surface area (Å²) in [6.07, 6.45) is 1.42. The first-order chi connectivity index (χ1) is 8.54. The Balaban J connectivity index is 2.13. The number of nitrogens with zero attached hydrogens (tertiary/aromatic N) is 2. The molecule has 3 atom stereocenters. The highest BCUT2D eigenvalue weighted by Crippen LogP contribution is 2.24. The summed E-state index contributed by atoms with van der Waals surface area (Å²) in [5.74, 6) is 0. The van der Waals surface area contributed by atoms with Gasteiger partial charge in [0.2, 0.25) is 0 Å². The lowest BCUT2D eigenvalue weighted by Crippen LogP contribution is -2.36. The van der Waals surface area contributed by atoms with E-state index in [0.717, 1.165) is 25.3 Å². The summed E-state index contributed by atoms with van der Waals surface area (Å²) in [5.41, 5.74) is 3.76. The molecule has 0 spiro atoms. The van der Waals surface area contributed by atoms with Crippen LogP contribution in [0.5, 0.6) is 0 Å². The van der Waals surface area contributed by atoms with E-state index in [-0.39, 0.29) is 0 Å². The van der Waals surface area contributed by atoms with E-state index in [0.29, 0.717) is 18.2 Å². The highest BCUT2D eigenvalue weighted by Gasteiger charge is 2.27. The summed E-state index contributed by atoms with van der Waals surface area (Å²) in [6, 6.07) is 0.795. The second-order valence-electron chi connectivity index (χ2n) is 5.26. The molecular weight excluding hydrogens is 226 g/mol. The maximum atomic E-state index is 5.61. The van der Waals surface area contributed by atoms with E-state index in [4.69, 9.17) is 4.74 Å². The minimum atomic E-state index is 0.314. The monoisotopic (exact) mass is 251 g/mol. The predicted molar refractivity (Wildman–Crippen MR) is 72.7 cm³/mol. The molecule has 0 aliphatic carbocycles. The zero-order chi connectivity index (χ0) is 13.3. The molecule has 1 N–H and O–H groups in total. The lowest BCUT2D eigenvalue weighted by atomic mass is 10.0. The molecular formula is C14H25N3O. The van der Waals surface area contributed by atoms with Crippen molar-refractivity contribution in [1.29, 1.82) is 0 Å². The Kier molecular flexibility index (Phi) is 4.07. The summed E-state index contributed by atoms with van der Waals surface area (Å²) in [6.45, 7) is 12.6. The van der Waals surface area contributed by atoms with Crippen molar-refractivity contribution in [3.63, 3.8) is 0 Å². The Morgan fingerprint density at radius 1 is 1.50 bits per heavy atom. The van der Waals surface area contributed by atoms with Crippen molar-refractivity contribution in [2.45, 2.75) is 65.8 Å². The number of nitrogens with one attached hydrogen (secondary N) is 1. The molecule has 2 heterocycles. The van der Waals surface area contributed by atoms with Crippen molar-refractivity contribution in [2.24, 2.45) is 0 Å². The molecule has 1 fully saturated rings. The van der Waals surface area contributed by atoms with Gasteiger partial charge in [-0.2, -0.15) is 5.10 Å². The molecule has 0 saturated carbocycles. The van der Waals surface area contributed by atoms with Crippen molar-refractivity contribution >= 4 is 0 Å². The number of hydrogen-bond donors (Lipinski definition) is 1. The van der Waals surface area contributed by atoms with E-state index < -0.39 is 0 Å². The van der Waals surface area contributed by atoms with Crippen LogP contribution in [0.2, 0.25) is 0 Å². The molecule has 1 aromatic rings. The van der Waals surface area contributed by atoms with Gasteiger partial charge in [-0.15, -0.1) is 0 Å². The van der Waals surface area contributed by atoms with E-state index in [1.807, 2.05) is 0 Å². The number of aryl methyl sites for hydroxylation is 2. The van der Waals surface area contributed by atoms with Crippen LogP contribution < -0.4 is 5.32 Å². The molecule has 1 aliphatic heterocycles. The SMILES string of the molecule is CCn1nc(C)c(C(C)NC2CCOC2C)c1C. The Hall–Kier alpha value is -0.870. The van der Waals surface area contributed by atoms with E-state index in [1.165, 1.54) is 11.3 Å². The molecule has 0 aromatic carbocycles. The molecule has 2 rings (SSSR count). The summed E-state index contributed by atoms with van der Waals surface area (Å²) >= 11 is 0. The molecule has 102 valence electrons. The maximum Gasteiger partial charge on any atom is 0.0700 e. The largest absolute Gasteiger partial charge is 0.377 e. The summed E-state index contributed by atoms with van der Waals surface area (Å²) in [7, 11) is 0. The topological polar surface area (TPSA) is 39.1 Å². The predicted octanol–water partition coefficient (Wildman–Crippen LogP) is 2.35. The Morgan fingerprint density at radius 3 is 2.72 bits per heavy atom. The van der Waals surface area contributed by atoms with Crippen molar-refractivity contribution in [3.8, 4) is 0 Å². The van der Waals surface area contributed by atoms with Gasteiger partial charge in [0.05, 0.1) is 11.8 Å². The fourth-order valence-electron chi connectivity index (χ4n) is 3.00. The summed E-state index contributed by atoms with van der Waals surface area (Å²) < 4.78 is 7.69. The van der Waals surface area contributed by atoms with Crippen LogP contribution in [0.4, 0.5) is 0 Å². The summed E-state index contributed by atoms with van der Waals surface area (Å²) in [5, 5.41) is 8.27. The van der Waals surface area contributed by atoms with Crippen molar-refractivity contribution in [2.75, 3.05) is 6.61 Å². The van der Waals surface area contributed by atoms with Gasteiger partial charge in [0.25, 0.3) is 0 Å². The van der Waals surface area contributed by atoms with Gasteiger partial charge < -0.3 is 10.1 Å². The zero-order valence-corrected chi connectivity index (χ0v) is 12.2. The average Bonchev–Trinajstić information content (AvgIpc) is 2.83. The molecule has 1 saturated heterocycles. The van der Waals surface area contributed by atoms with Crippen LogP contribution in [-0.2, 0) is 11.3 Å². The Morgan fingerprint density at radius 2 is 2.22 bits per heavy atom.